The van der Waals surface area contributed by atoms with Crippen LogP contribution in [0.5, 0.6) is 5.75 Å². The van der Waals surface area contributed by atoms with Gasteiger partial charge in [0.05, 0.1) is 11.5 Å². The maximum absolute atomic E-state index is 13.2. The number of rotatable bonds is 7. The number of hydrogen-bond acceptors (Lipinski definition) is 4. The molecule has 30 heavy (non-hydrogen) atoms. The average Bonchev–Trinajstić information content (AvgIpc) is 3.03. The van der Waals surface area contributed by atoms with Crippen molar-refractivity contribution in [2.45, 2.75) is 51.0 Å². The molecule has 3 rings (SSSR count). The number of ether oxygens (including phenoxy) is 1. The number of carbonyl (C=O) groups is 1. The Morgan fingerprint density at radius 3 is 2.47 bits per heavy atom. The van der Waals surface area contributed by atoms with E-state index in [-0.39, 0.29) is 10.8 Å². The van der Waals surface area contributed by atoms with Crippen LogP contribution in [-0.2, 0) is 16.6 Å². The number of sulfonamides is 1. The minimum atomic E-state index is -3.62. The van der Waals surface area contributed by atoms with Crippen molar-refractivity contribution in [3.63, 3.8) is 0 Å². The molecular weight excluding hydrogens is 400 g/mol. The van der Waals surface area contributed by atoms with Gasteiger partial charge < -0.3 is 10.1 Å². The fourth-order valence-corrected chi connectivity index (χ4v) is 5.43. The van der Waals surface area contributed by atoms with Gasteiger partial charge in [0.1, 0.15) is 5.75 Å². The van der Waals surface area contributed by atoms with E-state index in [1.807, 2.05) is 31.2 Å². The van der Waals surface area contributed by atoms with Crippen LogP contribution in [0.2, 0.25) is 0 Å². The maximum atomic E-state index is 13.2. The largest absolute Gasteiger partial charge is 0.494 e. The van der Waals surface area contributed by atoms with Gasteiger partial charge in [0, 0.05) is 30.8 Å². The Balaban J connectivity index is 1.78. The summed E-state index contributed by atoms with van der Waals surface area (Å²) in [6.45, 7) is 5.59. The van der Waals surface area contributed by atoms with Crippen molar-refractivity contribution in [3.8, 4) is 5.75 Å². The summed E-state index contributed by atoms with van der Waals surface area (Å²) in [5, 5.41) is 2.87. The summed E-state index contributed by atoms with van der Waals surface area (Å²) in [4.78, 5) is 13.0. The van der Waals surface area contributed by atoms with Crippen LogP contribution in [-0.4, -0.2) is 38.3 Å². The predicted molar refractivity (Wildman–Crippen MR) is 117 cm³/mol. The molecule has 0 aromatic heterocycles. The zero-order chi connectivity index (χ0) is 21.6. The zero-order valence-electron chi connectivity index (χ0n) is 17.7. The Morgan fingerprint density at radius 2 is 1.77 bits per heavy atom. The van der Waals surface area contributed by atoms with E-state index in [4.69, 9.17) is 4.74 Å². The van der Waals surface area contributed by atoms with Crippen LogP contribution in [0.3, 0.4) is 0 Å². The highest BCUT2D eigenvalue weighted by Gasteiger charge is 2.27. The van der Waals surface area contributed by atoms with Crippen molar-refractivity contribution in [1.29, 1.82) is 0 Å². The van der Waals surface area contributed by atoms with Crippen LogP contribution in [0.15, 0.2) is 47.4 Å². The Labute approximate surface area is 179 Å². The van der Waals surface area contributed by atoms with Crippen molar-refractivity contribution in [1.82, 2.24) is 9.62 Å². The summed E-state index contributed by atoms with van der Waals surface area (Å²) in [6, 6.07) is 12.4. The SMILES string of the molecule is CCOc1ccccc1CNC(=O)c1ccc(C)c(S(=O)(=O)N2CCCCCC2)c1. The number of nitrogens with one attached hydrogen (secondary N) is 1. The van der Waals surface area contributed by atoms with E-state index in [2.05, 4.69) is 5.32 Å². The average molecular weight is 431 g/mol. The molecule has 0 radical (unpaired) electrons. The summed E-state index contributed by atoms with van der Waals surface area (Å²) < 4.78 is 33.6. The van der Waals surface area contributed by atoms with Crippen molar-refractivity contribution in [2.75, 3.05) is 19.7 Å². The molecule has 1 amide bonds. The molecule has 1 N–H and O–H groups in total. The van der Waals surface area contributed by atoms with Crippen molar-refractivity contribution < 1.29 is 17.9 Å². The number of nitrogens with zero attached hydrogens (tertiary/aromatic N) is 1. The molecule has 0 saturated carbocycles. The minimum absolute atomic E-state index is 0.215. The topological polar surface area (TPSA) is 75.7 Å². The molecule has 7 heteroatoms. The first kappa shape index (κ1) is 22.3. The third-order valence-electron chi connectivity index (χ3n) is 5.35. The van der Waals surface area contributed by atoms with E-state index in [0.29, 0.717) is 37.4 Å². The molecule has 162 valence electrons. The second-order valence-electron chi connectivity index (χ2n) is 7.52. The minimum Gasteiger partial charge on any atom is -0.494 e. The number of para-hydroxylation sites is 1. The smallest absolute Gasteiger partial charge is 0.251 e. The van der Waals surface area contributed by atoms with Crippen molar-refractivity contribution in [3.05, 3.63) is 59.2 Å². The second-order valence-corrected chi connectivity index (χ2v) is 9.43. The van der Waals surface area contributed by atoms with Crippen LogP contribution < -0.4 is 10.1 Å². The summed E-state index contributed by atoms with van der Waals surface area (Å²) >= 11 is 0. The van der Waals surface area contributed by atoms with E-state index in [1.165, 1.54) is 6.07 Å². The fourth-order valence-electron chi connectivity index (χ4n) is 3.66. The highest BCUT2D eigenvalue weighted by molar-refractivity contribution is 7.89. The molecular formula is C23H30N2O4S. The van der Waals surface area contributed by atoms with E-state index in [0.717, 1.165) is 37.0 Å². The summed E-state index contributed by atoms with van der Waals surface area (Å²) in [5.74, 6) is 0.419. The van der Waals surface area contributed by atoms with E-state index in [1.54, 1.807) is 23.4 Å². The quantitative estimate of drug-likeness (QED) is 0.723. The zero-order valence-corrected chi connectivity index (χ0v) is 18.5. The lowest BCUT2D eigenvalue weighted by molar-refractivity contribution is 0.0950. The van der Waals surface area contributed by atoms with Gasteiger partial charge in [-0.3, -0.25) is 4.79 Å². The van der Waals surface area contributed by atoms with E-state index < -0.39 is 10.0 Å². The van der Waals surface area contributed by atoms with Gasteiger partial charge in [0.2, 0.25) is 10.0 Å². The van der Waals surface area contributed by atoms with Gasteiger partial charge in [-0.2, -0.15) is 4.31 Å². The first-order chi connectivity index (χ1) is 14.4. The van der Waals surface area contributed by atoms with Crippen LogP contribution in [0.25, 0.3) is 0 Å². The lowest BCUT2D eigenvalue weighted by Crippen LogP contribution is -2.32. The van der Waals surface area contributed by atoms with Crippen molar-refractivity contribution >= 4 is 15.9 Å². The molecule has 1 fully saturated rings. The van der Waals surface area contributed by atoms with Crippen LogP contribution in [0, 0.1) is 6.92 Å². The number of hydrogen-bond donors (Lipinski definition) is 1. The molecule has 1 aliphatic rings. The Kier molecular flexibility index (Phi) is 7.50. The van der Waals surface area contributed by atoms with Gasteiger partial charge in [-0.25, -0.2) is 8.42 Å². The lowest BCUT2D eigenvalue weighted by Gasteiger charge is -2.21. The van der Waals surface area contributed by atoms with Gasteiger partial charge in [0.25, 0.3) is 5.91 Å². The standard InChI is InChI=1S/C23H30N2O4S/c1-3-29-21-11-7-6-10-20(21)17-24-23(26)19-13-12-18(2)22(16-19)30(27,28)25-14-8-4-5-9-15-25/h6-7,10-13,16H,3-5,8-9,14-15,17H2,1-2H3,(H,24,26). The lowest BCUT2D eigenvalue weighted by atomic mass is 10.1. The first-order valence-electron chi connectivity index (χ1n) is 10.5. The highest BCUT2D eigenvalue weighted by atomic mass is 32.2. The van der Waals surface area contributed by atoms with Crippen LogP contribution in [0.4, 0.5) is 0 Å². The van der Waals surface area contributed by atoms with Gasteiger partial charge in [-0.1, -0.05) is 37.1 Å². The Morgan fingerprint density at radius 1 is 1.07 bits per heavy atom. The molecule has 0 aliphatic carbocycles. The predicted octanol–water partition coefficient (Wildman–Crippen LogP) is 3.89. The number of carbonyl (C=O) groups excluding carboxylic acids is 1. The van der Waals surface area contributed by atoms with Crippen LogP contribution >= 0.6 is 0 Å². The van der Waals surface area contributed by atoms with Gasteiger partial charge >= 0.3 is 0 Å². The van der Waals surface area contributed by atoms with Crippen molar-refractivity contribution in [2.24, 2.45) is 0 Å². The van der Waals surface area contributed by atoms with Gasteiger partial charge in [0.15, 0.2) is 0 Å². The molecule has 2 aromatic rings. The maximum Gasteiger partial charge on any atom is 0.251 e. The van der Waals surface area contributed by atoms with E-state index >= 15 is 0 Å². The first-order valence-corrected chi connectivity index (χ1v) is 12.0. The molecule has 0 unspecified atom stereocenters. The Hall–Kier alpha value is -2.38. The molecule has 1 saturated heterocycles. The number of amides is 1. The fraction of sp³-hybridized carbons (Fsp3) is 0.435. The molecule has 0 atom stereocenters. The molecule has 1 aliphatic heterocycles. The molecule has 0 bridgehead atoms. The number of benzene rings is 2. The normalized spacial score (nSPS) is 15.4. The van der Waals surface area contributed by atoms with Gasteiger partial charge in [-0.15, -0.1) is 0 Å². The molecule has 2 aromatic carbocycles. The third kappa shape index (κ3) is 5.21. The summed E-state index contributed by atoms with van der Waals surface area (Å²) in [7, 11) is -3.62. The van der Waals surface area contributed by atoms with E-state index in [9.17, 15) is 13.2 Å². The Bertz CT molecular complexity index is 980. The molecule has 6 nitrogen and oxygen atoms in total. The second kappa shape index (κ2) is 10.1. The number of aryl methyl sites for hydroxylation is 1. The molecule has 0 spiro atoms. The van der Waals surface area contributed by atoms with Crippen LogP contribution in [0.1, 0.15) is 54.1 Å². The summed E-state index contributed by atoms with van der Waals surface area (Å²) in [6.07, 6.45) is 3.85. The molecule has 1 heterocycles. The third-order valence-corrected chi connectivity index (χ3v) is 7.39. The monoisotopic (exact) mass is 430 g/mol. The van der Waals surface area contributed by atoms with Gasteiger partial charge in [-0.05, 0) is 50.5 Å². The summed E-state index contributed by atoms with van der Waals surface area (Å²) in [5.41, 5.74) is 1.86. The highest BCUT2D eigenvalue weighted by Crippen LogP contribution is 2.24.